The molecule has 0 aliphatic carbocycles. The van der Waals surface area contributed by atoms with E-state index in [4.69, 9.17) is 53.5 Å². The van der Waals surface area contributed by atoms with Crippen molar-refractivity contribution in [1.29, 1.82) is 0 Å². The van der Waals surface area contributed by atoms with Crippen LogP contribution in [0.25, 0.3) is 22.3 Å². The maximum Gasteiger partial charge on any atom is 0.310 e. The molecule has 10 rings (SSSR count). The monoisotopic (exact) mass is 1290 g/mol. The van der Waals surface area contributed by atoms with Crippen molar-refractivity contribution in [1.82, 2.24) is 0 Å². The number of aliphatic carboxylic acids is 5. The summed E-state index contributed by atoms with van der Waals surface area (Å²) in [5, 5.41) is 48.4. The Morgan fingerprint density at radius 2 is 0.871 bits per heavy atom. The molecule has 0 fully saturated rings. The van der Waals surface area contributed by atoms with Crippen molar-refractivity contribution >= 4 is 76.0 Å². The Balaban J connectivity index is 0.000000184. The summed E-state index contributed by atoms with van der Waals surface area (Å²) >= 11 is 12.1. The molecule has 0 saturated heterocycles. The molecule has 0 aliphatic rings. The van der Waals surface area contributed by atoms with Gasteiger partial charge in [-0.05, 0) is 114 Å². The summed E-state index contributed by atoms with van der Waals surface area (Å²) in [6.45, 7) is 4.80. The Labute approximate surface area is 547 Å². The lowest BCUT2D eigenvalue weighted by Crippen LogP contribution is -2.09. The van der Waals surface area contributed by atoms with E-state index in [1.165, 1.54) is 6.07 Å². The van der Waals surface area contributed by atoms with E-state index >= 15 is 0 Å². The van der Waals surface area contributed by atoms with Crippen molar-refractivity contribution in [2.75, 3.05) is 5.32 Å². The normalized spacial score (nSPS) is 11.2. The third kappa shape index (κ3) is 22.5. The molecule has 10 aromatic carbocycles. The van der Waals surface area contributed by atoms with Crippen molar-refractivity contribution in [3.8, 4) is 33.8 Å². The molecule has 474 valence electrons. The number of carbonyl (C=O) groups excluding carboxylic acids is 2. The highest BCUT2D eigenvalue weighted by Gasteiger charge is 2.19. The van der Waals surface area contributed by atoms with Crippen LogP contribution in [0, 0.1) is 5.82 Å². The molecule has 0 aliphatic heterocycles. The maximum atomic E-state index is 14.0. The summed E-state index contributed by atoms with van der Waals surface area (Å²) in [4.78, 5) is 78.0. The number of rotatable bonds is 20. The lowest BCUT2D eigenvalue weighted by Gasteiger charge is -2.13. The number of carboxylic acids is 5. The van der Waals surface area contributed by atoms with Gasteiger partial charge in [0.2, 0.25) is 0 Å². The van der Waals surface area contributed by atoms with Crippen LogP contribution >= 0.6 is 23.2 Å². The number of benzene rings is 10. The Bertz CT molecular complexity index is 4120. The van der Waals surface area contributed by atoms with Crippen LogP contribution in [0.1, 0.15) is 99.9 Å². The standard InChI is InChI=1S/2C16H14O3.C15H13FO2.C15H14O3.C14H11Cl2NO2/c1-11(16(18)19)13-8-5-9-14(10-13)15(17)12-6-3-2-4-7-12;17-15(10-11-16(18)19)14-8-6-13(7-9-14)12-4-2-1-3-5-12;1-10(15(17)18)12-7-8-13(14(16)9-12)11-5-3-2-4-6-11;1-11(15(16)17)12-6-5-9-14(10-12)18-13-7-3-2-4-8-13;15-10-5-3-6-11(16)14(10)17-12-7-2-1-4-9(12)8-13(18)19/h2-11H,1H3,(H,18,19);1-9H,10-11H2,(H,18,19);2-10H,1H3,(H,17,18);2-11H,1H3,(H,16,17);1-7,17H,8H2,(H,18,19). The highest BCUT2D eigenvalue weighted by molar-refractivity contribution is 6.39. The average Bonchev–Trinajstić information content (AvgIpc) is 1.28. The molecule has 0 spiro atoms. The van der Waals surface area contributed by atoms with Crippen molar-refractivity contribution in [3.63, 3.8) is 0 Å². The number of carbonyl (C=O) groups is 7. The van der Waals surface area contributed by atoms with Gasteiger partial charge in [-0.1, -0.05) is 223 Å². The van der Waals surface area contributed by atoms with E-state index < -0.39 is 53.4 Å². The van der Waals surface area contributed by atoms with Crippen LogP contribution in [0.2, 0.25) is 10.0 Å². The fraction of sp³-hybridized carbons (Fsp3) is 0.118. The zero-order chi connectivity index (χ0) is 67.4. The largest absolute Gasteiger partial charge is 0.481 e. The molecule has 6 N–H and O–H groups in total. The minimum absolute atomic E-state index is 0.0417. The predicted octanol–water partition coefficient (Wildman–Crippen LogP) is 18.2. The molecule has 93 heavy (non-hydrogen) atoms. The minimum Gasteiger partial charge on any atom is -0.481 e. The summed E-state index contributed by atoms with van der Waals surface area (Å²) in [6.07, 6.45) is -0.148. The second-order valence-electron chi connectivity index (χ2n) is 20.8. The minimum atomic E-state index is -0.957. The highest BCUT2D eigenvalue weighted by Crippen LogP contribution is 2.34. The summed E-state index contributed by atoms with van der Waals surface area (Å²) in [5.41, 5.74) is 8.82. The lowest BCUT2D eigenvalue weighted by atomic mass is 9.96. The first kappa shape index (κ1) is 71.1. The van der Waals surface area contributed by atoms with Gasteiger partial charge in [0.15, 0.2) is 11.6 Å². The molecule has 14 nitrogen and oxygen atoms in total. The molecule has 0 saturated carbocycles. The van der Waals surface area contributed by atoms with Crippen molar-refractivity contribution in [2.45, 2.75) is 57.8 Å². The molecule has 3 unspecified atom stereocenters. The topological polar surface area (TPSA) is 242 Å². The van der Waals surface area contributed by atoms with Crippen LogP contribution in [0.5, 0.6) is 11.5 Å². The van der Waals surface area contributed by atoms with Gasteiger partial charge >= 0.3 is 29.8 Å². The van der Waals surface area contributed by atoms with E-state index in [0.29, 0.717) is 66.1 Å². The van der Waals surface area contributed by atoms with Crippen molar-refractivity contribution in [2.24, 2.45) is 0 Å². The first-order valence-corrected chi connectivity index (χ1v) is 29.8. The highest BCUT2D eigenvalue weighted by atomic mass is 35.5. The Kier molecular flexibility index (Phi) is 27.5. The number of hydrogen-bond acceptors (Lipinski definition) is 9. The molecule has 3 atom stereocenters. The predicted molar refractivity (Wildman–Crippen MR) is 360 cm³/mol. The fourth-order valence-electron chi connectivity index (χ4n) is 8.81. The van der Waals surface area contributed by atoms with Gasteiger partial charge in [-0.2, -0.15) is 0 Å². The van der Waals surface area contributed by atoms with Gasteiger partial charge in [0, 0.05) is 34.4 Å². The van der Waals surface area contributed by atoms with Gasteiger partial charge in [-0.15, -0.1) is 0 Å². The number of carboxylic acid groups (broad SMARTS) is 5. The number of ether oxygens (including phenoxy) is 1. The Morgan fingerprint density at radius 1 is 0.419 bits per heavy atom. The fourth-order valence-corrected chi connectivity index (χ4v) is 9.30. The van der Waals surface area contributed by atoms with E-state index in [-0.39, 0.29) is 30.8 Å². The van der Waals surface area contributed by atoms with Gasteiger partial charge < -0.3 is 35.6 Å². The number of halogens is 3. The number of ketones is 2. The third-order valence-corrected chi connectivity index (χ3v) is 14.8. The van der Waals surface area contributed by atoms with E-state index in [2.05, 4.69) is 5.32 Å². The quantitative estimate of drug-likeness (QED) is 0.0389. The molecule has 0 heterocycles. The van der Waals surface area contributed by atoms with E-state index in [1.54, 1.807) is 148 Å². The first-order valence-electron chi connectivity index (χ1n) is 29.1. The van der Waals surface area contributed by atoms with Gasteiger partial charge in [-0.25, -0.2) is 4.39 Å². The zero-order valence-corrected chi connectivity index (χ0v) is 52.2. The number of para-hydroxylation sites is 3. The smallest absolute Gasteiger partial charge is 0.310 e. The summed E-state index contributed by atoms with van der Waals surface area (Å²) < 4.78 is 19.6. The lowest BCUT2D eigenvalue weighted by molar-refractivity contribution is -0.139. The maximum absolute atomic E-state index is 14.0. The molecule has 0 bridgehead atoms. The second-order valence-corrected chi connectivity index (χ2v) is 21.6. The first-order chi connectivity index (χ1) is 44.6. The number of Topliss-reactive ketones (excluding diaryl/α,β-unsaturated/α-hetero) is 1. The van der Waals surface area contributed by atoms with Crippen LogP contribution in [-0.4, -0.2) is 66.9 Å². The van der Waals surface area contributed by atoms with Gasteiger partial charge in [0.05, 0.1) is 46.3 Å². The zero-order valence-electron chi connectivity index (χ0n) is 50.7. The van der Waals surface area contributed by atoms with Crippen LogP contribution in [-0.2, 0) is 30.4 Å². The molecule has 0 aromatic heterocycles. The summed E-state index contributed by atoms with van der Waals surface area (Å²) in [5.74, 6) is -5.65. The Hall–Kier alpha value is -11.0. The van der Waals surface area contributed by atoms with Crippen LogP contribution in [0.15, 0.2) is 255 Å². The van der Waals surface area contributed by atoms with Crippen molar-refractivity contribution in [3.05, 3.63) is 310 Å². The molecular weight excluding hydrogens is 1220 g/mol. The molecular formula is C76H66Cl2FNO13. The molecule has 0 radical (unpaired) electrons. The SMILES string of the molecule is CC(C(=O)O)c1ccc(-c2ccccc2)c(F)c1.CC(C(=O)O)c1cccc(C(=O)c2ccccc2)c1.CC(C(=O)O)c1cccc(Oc2ccccc2)c1.O=C(O)CCC(=O)c1ccc(-c2ccccc2)cc1.O=C(O)Cc1ccccc1Nc1c(Cl)cccc1Cl. The van der Waals surface area contributed by atoms with Crippen LogP contribution in [0.4, 0.5) is 15.8 Å². The van der Waals surface area contributed by atoms with E-state index in [9.17, 15) is 38.0 Å². The van der Waals surface area contributed by atoms with Gasteiger partial charge in [-0.3, -0.25) is 33.6 Å². The molecule has 10 aromatic rings. The molecule has 17 heteroatoms. The number of hydrogen-bond donors (Lipinski definition) is 6. The number of anilines is 2. The summed E-state index contributed by atoms with van der Waals surface area (Å²) in [7, 11) is 0. The molecule has 0 amide bonds. The van der Waals surface area contributed by atoms with Crippen molar-refractivity contribution < 1.29 is 68.2 Å². The van der Waals surface area contributed by atoms with Crippen LogP contribution < -0.4 is 10.1 Å². The summed E-state index contributed by atoms with van der Waals surface area (Å²) in [6, 6.07) is 75.5. The van der Waals surface area contributed by atoms with Crippen LogP contribution in [0.3, 0.4) is 0 Å². The third-order valence-electron chi connectivity index (χ3n) is 14.2. The van der Waals surface area contributed by atoms with E-state index in [0.717, 1.165) is 28.0 Å². The number of nitrogens with one attached hydrogen (secondary N) is 1. The van der Waals surface area contributed by atoms with E-state index in [1.807, 2.05) is 121 Å². The Morgan fingerprint density at radius 3 is 1.41 bits per heavy atom. The second kappa shape index (κ2) is 36.0. The van der Waals surface area contributed by atoms with Gasteiger partial charge in [0.1, 0.15) is 17.3 Å². The average molecular weight is 1290 g/mol. The van der Waals surface area contributed by atoms with Gasteiger partial charge in [0.25, 0.3) is 0 Å².